The number of halogens is 3. The maximum atomic E-state index is 13.2. The summed E-state index contributed by atoms with van der Waals surface area (Å²) in [5.74, 6) is 0.352. The predicted molar refractivity (Wildman–Crippen MR) is 83.6 cm³/mol. The molecule has 0 amide bonds. The van der Waals surface area contributed by atoms with E-state index in [2.05, 4.69) is 14.9 Å². The first kappa shape index (κ1) is 16.3. The highest BCUT2D eigenvalue weighted by atomic mass is 19.4. The van der Waals surface area contributed by atoms with Crippen molar-refractivity contribution in [1.29, 1.82) is 0 Å². The Bertz CT molecular complexity index is 553. The van der Waals surface area contributed by atoms with Crippen molar-refractivity contribution in [2.24, 2.45) is 11.3 Å². The SMILES string of the molecule is CC1(C)CN(c2cc(N3CCCC3)ncn2)CCC1C(F)(F)F. The topological polar surface area (TPSA) is 32.3 Å². The van der Waals surface area contributed by atoms with Crippen LogP contribution < -0.4 is 9.80 Å². The van der Waals surface area contributed by atoms with Gasteiger partial charge in [-0.2, -0.15) is 13.2 Å². The maximum Gasteiger partial charge on any atom is 0.392 e. The third-order valence-corrected chi connectivity index (χ3v) is 5.02. The molecule has 4 nitrogen and oxygen atoms in total. The van der Waals surface area contributed by atoms with Crippen molar-refractivity contribution < 1.29 is 13.2 Å². The van der Waals surface area contributed by atoms with Crippen LogP contribution in [0.5, 0.6) is 0 Å². The molecule has 1 aromatic heterocycles. The summed E-state index contributed by atoms with van der Waals surface area (Å²) < 4.78 is 39.6. The molecule has 0 bridgehead atoms. The van der Waals surface area contributed by atoms with E-state index >= 15 is 0 Å². The van der Waals surface area contributed by atoms with Crippen LogP contribution in [0.2, 0.25) is 0 Å². The van der Waals surface area contributed by atoms with Crippen LogP contribution in [-0.2, 0) is 0 Å². The lowest BCUT2D eigenvalue weighted by molar-refractivity contribution is -0.206. The molecule has 1 aromatic rings. The highest BCUT2D eigenvalue weighted by Gasteiger charge is 2.51. The van der Waals surface area contributed by atoms with Gasteiger partial charge in [-0.3, -0.25) is 0 Å². The predicted octanol–water partition coefficient (Wildman–Crippen LogP) is 3.49. The van der Waals surface area contributed by atoms with Crippen LogP contribution in [0.3, 0.4) is 0 Å². The molecular formula is C16H23F3N4. The Hall–Kier alpha value is -1.53. The third-order valence-electron chi connectivity index (χ3n) is 5.02. The van der Waals surface area contributed by atoms with E-state index in [1.807, 2.05) is 11.0 Å². The number of alkyl halides is 3. The number of rotatable bonds is 2. The molecule has 2 aliphatic rings. The van der Waals surface area contributed by atoms with Crippen LogP contribution in [0, 0.1) is 11.3 Å². The first-order chi connectivity index (χ1) is 10.8. The molecule has 3 heterocycles. The van der Waals surface area contributed by atoms with Gasteiger partial charge in [-0.25, -0.2) is 9.97 Å². The number of piperidine rings is 1. The van der Waals surface area contributed by atoms with Gasteiger partial charge in [-0.05, 0) is 24.7 Å². The van der Waals surface area contributed by atoms with Gasteiger partial charge in [0.1, 0.15) is 18.0 Å². The van der Waals surface area contributed by atoms with Crippen molar-refractivity contribution in [3.05, 3.63) is 12.4 Å². The molecule has 0 aromatic carbocycles. The summed E-state index contributed by atoms with van der Waals surface area (Å²) in [7, 11) is 0. The smallest absolute Gasteiger partial charge is 0.356 e. The summed E-state index contributed by atoms with van der Waals surface area (Å²) in [6.45, 7) is 6.09. The lowest BCUT2D eigenvalue weighted by atomic mass is 9.73. The molecular weight excluding hydrogens is 305 g/mol. The Morgan fingerprint density at radius 1 is 1.04 bits per heavy atom. The van der Waals surface area contributed by atoms with E-state index in [1.54, 1.807) is 13.8 Å². The van der Waals surface area contributed by atoms with Crippen LogP contribution in [0.1, 0.15) is 33.1 Å². The van der Waals surface area contributed by atoms with Crippen molar-refractivity contribution in [2.75, 3.05) is 36.0 Å². The van der Waals surface area contributed by atoms with E-state index in [9.17, 15) is 13.2 Å². The maximum absolute atomic E-state index is 13.2. The molecule has 2 saturated heterocycles. The Balaban J connectivity index is 1.77. The Kier molecular flexibility index (Phi) is 4.14. The molecule has 3 rings (SSSR count). The van der Waals surface area contributed by atoms with Gasteiger partial charge >= 0.3 is 6.18 Å². The third kappa shape index (κ3) is 3.38. The zero-order valence-corrected chi connectivity index (χ0v) is 13.6. The van der Waals surface area contributed by atoms with Gasteiger partial charge < -0.3 is 9.80 Å². The monoisotopic (exact) mass is 328 g/mol. The lowest BCUT2D eigenvalue weighted by Gasteiger charge is -2.45. The minimum atomic E-state index is -4.14. The van der Waals surface area contributed by atoms with Gasteiger partial charge in [0, 0.05) is 32.2 Å². The molecule has 7 heteroatoms. The molecule has 128 valence electrons. The van der Waals surface area contributed by atoms with E-state index in [0.717, 1.165) is 37.6 Å². The molecule has 0 N–H and O–H groups in total. The van der Waals surface area contributed by atoms with Crippen LogP contribution in [0.15, 0.2) is 12.4 Å². The van der Waals surface area contributed by atoms with Crippen molar-refractivity contribution in [3.8, 4) is 0 Å². The summed E-state index contributed by atoms with van der Waals surface area (Å²) in [5, 5.41) is 0. The standard InChI is InChI=1S/C16H23F3N4/c1-15(2)10-23(8-5-12(15)16(17,18)19)14-9-13(20-11-21-14)22-6-3-4-7-22/h9,11-12H,3-8,10H2,1-2H3. The van der Waals surface area contributed by atoms with Gasteiger partial charge in [0.15, 0.2) is 0 Å². The summed E-state index contributed by atoms with van der Waals surface area (Å²) in [5.41, 5.74) is -0.824. The van der Waals surface area contributed by atoms with E-state index < -0.39 is 17.5 Å². The Labute approximate surface area is 134 Å². The van der Waals surface area contributed by atoms with Crippen LogP contribution in [-0.4, -0.2) is 42.3 Å². The minimum absolute atomic E-state index is 0.111. The highest BCUT2D eigenvalue weighted by Crippen LogP contribution is 2.45. The molecule has 0 radical (unpaired) electrons. The summed E-state index contributed by atoms with van der Waals surface area (Å²) in [6.07, 6.45) is -0.194. The number of hydrogen-bond acceptors (Lipinski definition) is 4. The van der Waals surface area contributed by atoms with E-state index in [4.69, 9.17) is 0 Å². The second kappa shape index (κ2) is 5.83. The first-order valence-corrected chi connectivity index (χ1v) is 8.16. The molecule has 1 unspecified atom stereocenters. The molecule has 2 aliphatic heterocycles. The fraction of sp³-hybridized carbons (Fsp3) is 0.750. The van der Waals surface area contributed by atoms with Crippen molar-refractivity contribution in [2.45, 2.75) is 39.3 Å². The average Bonchev–Trinajstić information content (AvgIpc) is 2.99. The zero-order chi connectivity index (χ0) is 16.7. The summed E-state index contributed by atoms with van der Waals surface area (Å²) in [4.78, 5) is 12.8. The molecule has 0 spiro atoms. The van der Waals surface area contributed by atoms with E-state index in [1.165, 1.54) is 6.33 Å². The Morgan fingerprint density at radius 2 is 1.65 bits per heavy atom. The molecule has 0 saturated carbocycles. The largest absolute Gasteiger partial charge is 0.392 e. The second-order valence-corrected chi connectivity index (χ2v) is 7.22. The quantitative estimate of drug-likeness (QED) is 0.832. The van der Waals surface area contributed by atoms with E-state index in [-0.39, 0.29) is 6.42 Å². The second-order valence-electron chi connectivity index (χ2n) is 7.22. The van der Waals surface area contributed by atoms with Crippen LogP contribution >= 0.6 is 0 Å². The van der Waals surface area contributed by atoms with E-state index in [0.29, 0.717) is 13.1 Å². The van der Waals surface area contributed by atoms with Gasteiger partial charge in [0.25, 0.3) is 0 Å². The molecule has 23 heavy (non-hydrogen) atoms. The number of hydrogen-bond donors (Lipinski definition) is 0. The number of anilines is 2. The van der Waals surface area contributed by atoms with Crippen molar-refractivity contribution >= 4 is 11.6 Å². The van der Waals surface area contributed by atoms with Crippen LogP contribution in [0.4, 0.5) is 24.8 Å². The Morgan fingerprint density at radius 3 is 2.22 bits per heavy atom. The fourth-order valence-electron chi connectivity index (χ4n) is 3.79. The van der Waals surface area contributed by atoms with Crippen molar-refractivity contribution in [1.82, 2.24) is 9.97 Å². The first-order valence-electron chi connectivity index (χ1n) is 8.16. The van der Waals surface area contributed by atoms with Gasteiger partial charge in [0.05, 0.1) is 5.92 Å². The summed E-state index contributed by atoms with van der Waals surface area (Å²) >= 11 is 0. The number of aromatic nitrogens is 2. The van der Waals surface area contributed by atoms with Gasteiger partial charge in [0.2, 0.25) is 0 Å². The normalized spacial score (nSPS) is 25.0. The van der Waals surface area contributed by atoms with Gasteiger partial charge in [-0.1, -0.05) is 13.8 Å². The average molecular weight is 328 g/mol. The number of nitrogens with zero attached hydrogens (tertiary/aromatic N) is 4. The van der Waals surface area contributed by atoms with Crippen LogP contribution in [0.25, 0.3) is 0 Å². The minimum Gasteiger partial charge on any atom is -0.356 e. The highest BCUT2D eigenvalue weighted by molar-refractivity contribution is 5.51. The molecule has 0 aliphatic carbocycles. The molecule has 2 fully saturated rings. The van der Waals surface area contributed by atoms with Gasteiger partial charge in [-0.15, -0.1) is 0 Å². The zero-order valence-electron chi connectivity index (χ0n) is 13.6. The molecule has 1 atom stereocenters. The summed E-state index contributed by atoms with van der Waals surface area (Å²) in [6, 6.07) is 1.91. The van der Waals surface area contributed by atoms with Crippen molar-refractivity contribution in [3.63, 3.8) is 0 Å². The fourth-order valence-corrected chi connectivity index (χ4v) is 3.79. The lowest BCUT2D eigenvalue weighted by Crippen LogP contribution is -2.51.